The van der Waals surface area contributed by atoms with E-state index in [-0.39, 0.29) is 5.56 Å². The number of rotatable bonds is 2. The van der Waals surface area contributed by atoms with E-state index in [2.05, 4.69) is 40.3 Å². The van der Waals surface area contributed by atoms with Crippen molar-refractivity contribution in [3.05, 3.63) is 125 Å². The fourth-order valence-electron chi connectivity index (χ4n) is 5.19. The molecule has 3 aromatic carbocycles. The average Bonchev–Trinajstić information content (AvgIpc) is 2.92. The molecule has 0 bridgehead atoms. The Morgan fingerprint density at radius 1 is 0.722 bits per heavy atom. The van der Waals surface area contributed by atoms with Gasteiger partial charge in [-0.1, -0.05) is 36.4 Å². The number of hydrogen-bond acceptors (Lipinski definition) is 4. The molecule has 0 amide bonds. The SMILES string of the molecule is O=c1ccc2c(-c3cccnc3)cc(-c3cccnc3)c3c2n1Cc1cc2ccccc2cc1CO3. The lowest BCUT2D eigenvalue weighted by molar-refractivity contribution is 0.306. The van der Waals surface area contributed by atoms with Crippen LogP contribution in [0.1, 0.15) is 11.1 Å². The topological polar surface area (TPSA) is 57.0 Å². The summed E-state index contributed by atoms with van der Waals surface area (Å²) < 4.78 is 8.45. The highest BCUT2D eigenvalue weighted by molar-refractivity contribution is 6.03. The Morgan fingerprint density at radius 3 is 2.11 bits per heavy atom. The van der Waals surface area contributed by atoms with Crippen LogP contribution in [-0.2, 0) is 13.2 Å². The quantitative estimate of drug-likeness (QED) is 0.303. The standard InChI is InChI=1S/C31H21N3O2/c35-29-10-9-26-27(22-7-3-11-32-16-22)15-28(23-8-4-12-33-17-23)31-30(26)34(29)18-24-13-20-5-1-2-6-21(20)14-25(24)19-36-31/h1-17H,18-19H2. The van der Waals surface area contributed by atoms with E-state index in [1.807, 2.05) is 59.4 Å². The third-order valence-electron chi connectivity index (χ3n) is 6.94. The van der Waals surface area contributed by atoms with Gasteiger partial charge in [0.1, 0.15) is 6.61 Å². The van der Waals surface area contributed by atoms with Crippen LogP contribution in [0.4, 0.5) is 0 Å². The minimum atomic E-state index is -0.0613. The van der Waals surface area contributed by atoms with Crippen molar-refractivity contribution in [3.63, 3.8) is 0 Å². The molecule has 4 heterocycles. The van der Waals surface area contributed by atoms with Crippen molar-refractivity contribution in [3.8, 4) is 28.0 Å². The van der Waals surface area contributed by atoms with Gasteiger partial charge in [-0.05, 0) is 63.9 Å². The number of aromatic nitrogens is 3. The first kappa shape index (κ1) is 20.6. The molecular weight excluding hydrogens is 446 g/mol. The molecule has 5 heteroatoms. The largest absolute Gasteiger partial charge is 0.486 e. The molecule has 1 aliphatic heterocycles. The fourth-order valence-corrected chi connectivity index (χ4v) is 5.19. The van der Waals surface area contributed by atoms with Gasteiger partial charge in [-0.2, -0.15) is 0 Å². The van der Waals surface area contributed by atoms with Gasteiger partial charge in [0.05, 0.1) is 12.1 Å². The van der Waals surface area contributed by atoms with E-state index < -0.39 is 0 Å². The van der Waals surface area contributed by atoms with Crippen molar-refractivity contribution in [1.29, 1.82) is 0 Å². The number of hydrogen-bond donors (Lipinski definition) is 0. The van der Waals surface area contributed by atoms with Crippen molar-refractivity contribution < 1.29 is 4.74 Å². The molecular formula is C31H21N3O2. The van der Waals surface area contributed by atoms with Gasteiger partial charge in [0.2, 0.25) is 0 Å². The summed E-state index contributed by atoms with van der Waals surface area (Å²) in [5.41, 5.74) is 6.71. The lowest BCUT2D eigenvalue weighted by Crippen LogP contribution is -2.23. The maximum atomic E-state index is 13.4. The Balaban J connectivity index is 1.58. The zero-order valence-electron chi connectivity index (χ0n) is 19.4. The van der Waals surface area contributed by atoms with Gasteiger partial charge in [-0.25, -0.2) is 0 Å². The van der Waals surface area contributed by atoms with Gasteiger partial charge in [-0.3, -0.25) is 14.8 Å². The predicted molar refractivity (Wildman–Crippen MR) is 142 cm³/mol. The molecule has 0 N–H and O–H groups in total. The van der Waals surface area contributed by atoms with E-state index in [0.717, 1.165) is 55.1 Å². The molecule has 36 heavy (non-hydrogen) atoms. The highest BCUT2D eigenvalue weighted by Crippen LogP contribution is 2.43. The molecule has 0 aliphatic carbocycles. The van der Waals surface area contributed by atoms with Gasteiger partial charge in [0, 0.05) is 52.9 Å². The molecule has 0 saturated carbocycles. The number of nitrogens with zero attached hydrogens (tertiary/aromatic N) is 3. The molecule has 0 atom stereocenters. The summed E-state index contributed by atoms with van der Waals surface area (Å²) >= 11 is 0. The van der Waals surface area contributed by atoms with Crippen molar-refractivity contribution in [2.24, 2.45) is 0 Å². The van der Waals surface area contributed by atoms with Crippen LogP contribution in [-0.4, -0.2) is 14.5 Å². The van der Waals surface area contributed by atoms with Crippen LogP contribution >= 0.6 is 0 Å². The highest BCUT2D eigenvalue weighted by atomic mass is 16.5. The van der Waals surface area contributed by atoms with Crippen LogP contribution < -0.4 is 10.3 Å². The second kappa shape index (κ2) is 8.17. The molecule has 0 saturated heterocycles. The second-order valence-electron chi connectivity index (χ2n) is 9.06. The molecule has 7 rings (SSSR count). The first-order valence-corrected chi connectivity index (χ1v) is 11.9. The molecule has 3 aromatic heterocycles. The Bertz CT molecular complexity index is 1830. The van der Waals surface area contributed by atoms with Crippen LogP contribution in [0.15, 0.2) is 108 Å². The Labute approximate surface area is 207 Å². The van der Waals surface area contributed by atoms with E-state index in [9.17, 15) is 4.79 Å². The molecule has 0 fully saturated rings. The normalized spacial score (nSPS) is 12.6. The third-order valence-corrected chi connectivity index (χ3v) is 6.94. The smallest absolute Gasteiger partial charge is 0.251 e. The maximum absolute atomic E-state index is 13.4. The summed E-state index contributed by atoms with van der Waals surface area (Å²) in [6.45, 7) is 0.882. The summed E-state index contributed by atoms with van der Waals surface area (Å²) in [6, 6.07) is 26.2. The van der Waals surface area contributed by atoms with Gasteiger partial charge in [0.15, 0.2) is 5.75 Å². The van der Waals surface area contributed by atoms with E-state index in [1.54, 1.807) is 18.5 Å². The molecule has 172 valence electrons. The molecule has 0 unspecified atom stereocenters. The van der Waals surface area contributed by atoms with Gasteiger partial charge in [0.25, 0.3) is 5.56 Å². The Kier molecular flexibility index (Phi) is 4.67. The van der Waals surface area contributed by atoms with E-state index in [0.29, 0.717) is 18.9 Å². The van der Waals surface area contributed by atoms with Gasteiger partial charge in [-0.15, -0.1) is 0 Å². The summed E-state index contributed by atoms with van der Waals surface area (Å²) in [6.07, 6.45) is 7.21. The van der Waals surface area contributed by atoms with E-state index in [4.69, 9.17) is 4.74 Å². The number of fused-ring (bicyclic) bond motifs is 2. The molecule has 6 aromatic rings. The van der Waals surface area contributed by atoms with Crippen molar-refractivity contribution in [2.75, 3.05) is 0 Å². The van der Waals surface area contributed by atoms with Gasteiger partial charge < -0.3 is 9.30 Å². The molecule has 0 radical (unpaired) electrons. The molecule has 0 spiro atoms. The average molecular weight is 468 g/mol. The first-order chi connectivity index (χ1) is 17.8. The zero-order valence-corrected chi connectivity index (χ0v) is 19.4. The van der Waals surface area contributed by atoms with Crippen LogP contribution in [0.25, 0.3) is 43.9 Å². The van der Waals surface area contributed by atoms with Crippen LogP contribution in [0, 0.1) is 0 Å². The van der Waals surface area contributed by atoms with E-state index >= 15 is 0 Å². The Morgan fingerprint density at radius 2 is 1.42 bits per heavy atom. The van der Waals surface area contributed by atoms with Crippen molar-refractivity contribution >= 4 is 21.7 Å². The van der Waals surface area contributed by atoms with Crippen LogP contribution in [0.5, 0.6) is 5.75 Å². The number of pyridine rings is 3. The van der Waals surface area contributed by atoms with Crippen molar-refractivity contribution in [2.45, 2.75) is 13.2 Å². The predicted octanol–water partition coefficient (Wildman–Crippen LogP) is 6.22. The molecule has 1 aliphatic rings. The lowest BCUT2D eigenvalue weighted by Gasteiger charge is -2.24. The monoisotopic (exact) mass is 467 g/mol. The number of benzene rings is 3. The first-order valence-electron chi connectivity index (χ1n) is 11.9. The summed E-state index contributed by atoms with van der Waals surface area (Å²) in [4.78, 5) is 22.1. The lowest BCUT2D eigenvalue weighted by atomic mass is 9.94. The van der Waals surface area contributed by atoms with Crippen molar-refractivity contribution in [1.82, 2.24) is 14.5 Å². The van der Waals surface area contributed by atoms with E-state index in [1.165, 1.54) is 0 Å². The fraction of sp³-hybridized carbons (Fsp3) is 0.0645. The summed E-state index contributed by atoms with van der Waals surface area (Å²) in [5, 5.41) is 3.26. The number of ether oxygens (including phenoxy) is 1. The summed E-state index contributed by atoms with van der Waals surface area (Å²) in [5.74, 6) is 0.696. The summed E-state index contributed by atoms with van der Waals surface area (Å²) in [7, 11) is 0. The Hall–Kier alpha value is -4.77. The van der Waals surface area contributed by atoms with Gasteiger partial charge >= 0.3 is 0 Å². The molecule has 5 nitrogen and oxygen atoms in total. The van der Waals surface area contributed by atoms with Crippen LogP contribution in [0.2, 0.25) is 0 Å². The maximum Gasteiger partial charge on any atom is 0.251 e. The minimum Gasteiger partial charge on any atom is -0.486 e. The van der Waals surface area contributed by atoms with Crippen LogP contribution in [0.3, 0.4) is 0 Å². The zero-order chi connectivity index (χ0) is 24.1. The third kappa shape index (κ3) is 3.28. The highest BCUT2D eigenvalue weighted by Gasteiger charge is 2.23. The minimum absolute atomic E-state index is 0.0613. The second-order valence-corrected chi connectivity index (χ2v) is 9.06.